The van der Waals surface area contributed by atoms with Crippen molar-refractivity contribution in [3.8, 4) is 5.75 Å². The zero-order valence-corrected chi connectivity index (χ0v) is 15.7. The molecule has 0 saturated carbocycles. The standard InChI is InChI=1S/C21H23FN4O2/c1-23-21(24-7-6-14-10-25-19-5-3-2-4-18(14)19)26-11-15-8-17(22)9-16-12-27-13-28-20(15)16/h2-5,8-10,25H,6-7,11-13H2,1H3,(H2,23,24,26). The summed E-state index contributed by atoms with van der Waals surface area (Å²) in [6.45, 7) is 1.68. The SMILES string of the molecule is CN=C(NCCc1c[nH]c2ccccc12)NCc1cc(F)cc2c1OCOC2. The number of hydrogen-bond acceptors (Lipinski definition) is 3. The van der Waals surface area contributed by atoms with Crippen molar-refractivity contribution in [2.24, 2.45) is 4.99 Å². The van der Waals surface area contributed by atoms with Crippen molar-refractivity contribution in [1.29, 1.82) is 0 Å². The van der Waals surface area contributed by atoms with Crippen LogP contribution in [-0.4, -0.2) is 31.3 Å². The van der Waals surface area contributed by atoms with Gasteiger partial charge in [0.2, 0.25) is 0 Å². The minimum absolute atomic E-state index is 0.184. The number of benzene rings is 2. The smallest absolute Gasteiger partial charge is 0.191 e. The van der Waals surface area contributed by atoms with Gasteiger partial charge in [-0.25, -0.2) is 4.39 Å². The molecule has 0 fully saturated rings. The average molecular weight is 382 g/mol. The number of aromatic nitrogens is 1. The van der Waals surface area contributed by atoms with Crippen molar-refractivity contribution >= 4 is 16.9 Å². The molecule has 6 nitrogen and oxygen atoms in total. The molecule has 0 radical (unpaired) electrons. The number of nitrogens with one attached hydrogen (secondary N) is 3. The van der Waals surface area contributed by atoms with Gasteiger partial charge in [0, 0.05) is 48.4 Å². The Bertz CT molecular complexity index is 999. The second-order valence-corrected chi connectivity index (χ2v) is 6.63. The van der Waals surface area contributed by atoms with Gasteiger partial charge in [-0.1, -0.05) is 18.2 Å². The number of H-pyrrole nitrogens is 1. The first-order chi connectivity index (χ1) is 13.7. The lowest BCUT2D eigenvalue weighted by molar-refractivity contribution is -0.0172. The number of halogens is 1. The third kappa shape index (κ3) is 3.94. The lowest BCUT2D eigenvalue weighted by atomic mass is 10.1. The van der Waals surface area contributed by atoms with Crippen LogP contribution in [0.5, 0.6) is 5.75 Å². The number of nitrogens with zero attached hydrogens (tertiary/aromatic N) is 1. The van der Waals surface area contributed by atoms with Crippen LogP contribution in [0, 0.1) is 5.82 Å². The van der Waals surface area contributed by atoms with Crippen LogP contribution in [0.25, 0.3) is 10.9 Å². The van der Waals surface area contributed by atoms with E-state index < -0.39 is 0 Å². The molecule has 28 heavy (non-hydrogen) atoms. The normalized spacial score (nSPS) is 13.9. The fourth-order valence-corrected chi connectivity index (χ4v) is 3.44. The van der Waals surface area contributed by atoms with Gasteiger partial charge in [-0.2, -0.15) is 0 Å². The van der Waals surface area contributed by atoms with Crippen molar-refractivity contribution in [2.75, 3.05) is 20.4 Å². The third-order valence-electron chi connectivity index (χ3n) is 4.78. The molecule has 3 aromatic rings. The second-order valence-electron chi connectivity index (χ2n) is 6.63. The van der Waals surface area contributed by atoms with Crippen LogP contribution in [0.15, 0.2) is 47.6 Å². The van der Waals surface area contributed by atoms with Crippen molar-refractivity contribution in [1.82, 2.24) is 15.6 Å². The quantitative estimate of drug-likeness (QED) is 0.469. The molecule has 2 aromatic carbocycles. The van der Waals surface area contributed by atoms with Gasteiger partial charge >= 0.3 is 0 Å². The molecule has 1 aromatic heterocycles. The highest BCUT2D eigenvalue weighted by Crippen LogP contribution is 2.29. The number of aromatic amines is 1. The Labute approximate surface area is 162 Å². The number of fused-ring (bicyclic) bond motifs is 2. The van der Waals surface area contributed by atoms with E-state index in [0.29, 0.717) is 24.9 Å². The van der Waals surface area contributed by atoms with E-state index in [-0.39, 0.29) is 12.6 Å². The van der Waals surface area contributed by atoms with Gasteiger partial charge < -0.3 is 25.1 Å². The van der Waals surface area contributed by atoms with Crippen LogP contribution in [0.1, 0.15) is 16.7 Å². The van der Waals surface area contributed by atoms with Crippen LogP contribution >= 0.6 is 0 Å². The Morgan fingerprint density at radius 2 is 2.11 bits per heavy atom. The maximum atomic E-state index is 13.9. The Hall–Kier alpha value is -3.06. The minimum atomic E-state index is -0.299. The molecule has 0 atom stereocenters. The van der Waals surface area contributed by atoms with Crippen LogP contribution in [0.3, 0.4) is 0 Å². The van der Waals surface area contributed by atoms with E-state index in [1.807, 2.05) is 18.3 Å². The summed E-state index contributed by atoms with van der Waals surface area (Å²) in [5.74, 6) is 1.05. The Balaban J connectivity index is 1.35. The number of ether oxygens (including phenoxy) is 2. The highest BCUT2D eigenvalue weighted by atomic mass is 19.1. The molecule has 1 aliphatic rings. The van der Waals surface area contributed by atoms with Crippen molar-refractivity contribution in [2.45, 2.75) is 19.6 Å². The topological polar surface area (TPSA) is 70.7 Å². The van der Waals surface area contributed by atoms with E-state index in [1.54, 1.807) is 7.05 Å². The predicted molar refractivity (Wildman–Crippen MR) is 107 cm³/mol. The van der Waals surface area contributed by atoms with Gasteiger partial charge in [0.05, 0.1) is 6.61 Å². The number of aliphatic imine (C=N–C) groups is 1. The third-order valence-corrected chi connectivity index (χ3v) is 4.78. The van der Waals surface area contributed by atoms with Crippen molar-refractivity contribution in [3.05, 3.63) is 65.1 Å². The summed E-state index contributed by atoms with van der Waals surface area (Å²) >= 11 is 0. The lowest BCUT2D eigenvalue weighted by Gasteiger charge is -2.21. The van der Waals surface area contributed by atoms with Crippen molar-refractivity contribution < 1.29 is 13.9 Å². The first-order valence-corrected chi connectivity index (χ1v) is 9.26. The maximum Gasteiger partial charge on any atom is 0.191 e. The fourth-order valence-electron chi connectivity index (χ4n) is 3.44. The molecule has 0 bridgehead atoms. The fraction of sp³-hybridized carbons (Fsp3) is 0.286. The molecule has 1 aliphatic heterocycles. The number of guanidine groups is 1. The largest absolute Gasteiger partial charge is 0.467 e. The van der Waals surface area contributed by atoms with Gasteiger partial charge in [0.1, 0.15) is 11.6 Å². The van der Waals surface area contributed by atoms with Gasteiger partial charge in [0.15, 0.2) is 12.8 Å². The first-order valence-electron chi connectivity index (χ1n) is 9.26. The maximum absolute atomic E-state index is 13.9. The highest BCUT2D eigenvalue weighted by molar-refractivity contribution is 5.83. The average Bonchev–Trinajstić information content (AvgIpc) is 3.13. The molecule has 2 heterocycles. The molecule has 0 spiro atoms. The van der Waals surface area contributed by atoms with Crippen LogP contribution in [0.4, 0.5) is 4.39 Å². The Morgan fingerprint density at radius 1 is 1.21 bits per heavy atom. The van der Waals surface area contributed by atoms with Crippen molar-refractivity contribution in [3.63, 3.8) is 0 Å². The second kappa shape index (κ2) is 8.31. The predicted octanol–water partition coefficient (Wildman–Crippen LogP) is 3.08. The van der Waals surface area contributed by atoms with Gasteiger partial charge in [-0.15, -0.1) is 0 Å². The number of hydrogen-bond donors (Lipinski definition) is 3. The molecule has 146 valence electrons. The van der Waals surface area contributed by atoms with E-state index in [4.69, 9.17) is 9.47 Å². The van der Waals surface area contributed by atoms with E-state index in [1.165, 1.54) is 23.1 Å². The van der Waals surface area contributed by atoms with E-state index in [9.17, 15) is 4.39 Å². The Kier molecular flexibility index (Phi) is 5.43. The molecule has 0 aliphatic carbocycles. The van der Waals surface area contributed by atoms with E-state index in [0.717, 1.165) is 29.6 Å². The minimum Gasteiger partial charge on any atom is -0.467 e. The lowest BCUT2D eigenvalue weighted by Crippen LogP contribution is -2.38. The Morgan fingerprint density at radius 3 is 3.00 bits per heavy atom. The highest BCUT2D eigenvalue weighted by Gasteiger charge is 2.17. The summed E-state index contributed by atoms with van der Waals surface area (Å²) in [6.07, 6.45) is 2.90. The van der Waals surface area contributed by atoms with Crippen LogP contribution in [-0.2, 0) is 24.3 Å². The summed E-state index contributed by atoms with van der Waals surface area (Å²) in [6, 6.07) is 11.2. The monoisotopic (exact) mass is 382 g/mol. The summed E-state index contributed by atoms with van der Waals surface area (Å²) in [4.78, 5) is 7.53. The number of rotatable bonds is 5. The molecule has 7 heteroatoms. The summed E-state index contributed by atoms with van der Waals surface area (Å²) in [5, 5.41) is 7.76. The van der Waals surface area contributed by atoms with Gasteiger partial charge in [-0.05, 0) is 30.2 Å². The summed E-state index contributed by atoms with van der Waals surface area (Å²) in [7, 11) is 1.71. The summed E-state index contributed by atoms with van der Waals surface area (Å²) in [5.41, 5.74) is 3.87. The molecular formula is C21H23FN4O2. The first kappa shape index (κ1) is 18.3. The zero-order valence-electron chi connectivity index (χ0n) is 15.7. The molecule has 0 unspecified atom stereocenters. The van der Waals surface area contributed by atoms with Gasteiger partial charge in [0.25, 0.3) is 0 Å². The van der Waals surface area contributed by atoms with Crippen LogP contribution in [0.2, 0.25) is 0 Å². The van der Waals surface area contributed by atoms with E-state index >= 15 is 0 Å². The van der Waals surface area contributed by atoms with Gasteiger partial charge in [-0.3, -0.25) is 4.99 Å². The van der Waals surface area contributed by atoms with Crippen LogP contribution < -0.4 is 15.4 Å². The molecular weight excluding hydrogens is 359 g/mol. The zero-order chi connectivity index (χ0) is 19.3. The number of para-hydroxylation sites is 1. The molecule has 0 amide bonds. The van der Waals surface area contributed by atoms with E-state index in [2.05, 4.69) is 32.7 Å². The molecule has 4 rings (SSSR count). The molecule has 3 N–H and O–H groups in total. The summed E-state index contributed by atoms with van der Waals surface area (Å²) < 4.78 is 24.6. The molecule has 0 saturated heterocycles.